The number of hydrogen-bond acceptors (Lipinski definition) is 2. The Morgan fingerprint density at radius 2 is 1.31 bits per heavy atom. The van der Waals surface area contributed by atoms with Crippen LogP contribution in [0.5, 0.6) is 0 Å². The minimum atomic E-state index is -0.169. The van der Waals surface area contributed by atoms with Crippen molar-refractivity contribution in [2.75, 3.05) is 38.0 Å². The van der Waals surface area contributed by atoms with Gasteiger partial charge in [0.1, 0.15) is 0 Å². The van der Waals surface area contributed by atoms with Gasteiger partial charge in [0.25, 0.3) is 0 Å². The molecule has 0 aliphatic carbocycles. The molecule has 0 saturated heterocycles. The van der Waals surface area contributed by atoms with Gasteiger partial charge < -0.3 is 9.80 Å². The van der Waals surface area contributed by atoms with Gasteiger partial charge in [0, 0.05) is 28.2 Å². The molecule has 0 bridgehead atoms. The topological polar surface area (TPSA) is 6.48 Å². The summed E-state index contributed by atoms with van der Waals surface area (Å²) in [4.78, 5) is 3.53. The quantitative estimate of drug-likeness (QED) is 0.689. The van der Waals surface area contributed by atoms with Gasteiger partial charge in [-0.05, 0) is 12.1 Å². The maximum atomic E-state index is 13.7. The minimum Gasteiger partial charge on any atom is -0.375 e. The summed E-state index contributed by atoms with van der Waals surface area (Å²) in [6.07, 6.45) is 0. The van der Waals surface area contributed by atoms with Crippen molar-refractivity contribution >= 4 is 11.4 Å². The summed E-state index contributed by atoms with van der Waals surface area (Å²) in [5.74, 6) is -0.169. The predicted molar refractivity (Wildman–Crippen MR) is 55.1 cm³/mol. The zero-order valence-corrected chi connectivity index (χ0v) is 8.50. The van der Waals surface area contributed by atoms with Crippen LogP contribution in [0.25, 0.3) is 0 Å². The molecule has 0 aliphatic rings. The summed E-state index contributed by atoms with van der Waals surface area (Å²) in [5, 5.41) is 0. The van der Waals surface area contributed by atoms with Crippen LogP contribution in [0.1, 0.15) is 0 Å². The lowest BCUT2D eigenvalue weighted by molar-refractivity contribution is 0.624. The first-order valence-corrected chi connectivity index (χ1v) is 4.17. The van der Waals surface area contributed by atoms with Crippen molar-refractivity contribution in [3.05, 3.63) is 24.0 Å². The average Bonchev–Trinajstić information content (AvgIpc) is 2.03. The van der Waals surface area contributed by atoms with E-state index in [9.17, 15) is 4.39 Å². The Kier molecular flexibility index (Phi) is 2.76. The lowest BCUT2D eigenvalue weighted by Gasteiger charge is -2.19. The molecule has 0 atom stereocenters. The van der Waals surface area contributed by atoms with Gasteiger partial charge in [-0.25, -0.2) is 4.39 Å². The Morgan fingerprint density at radius 3 is 1.62 bits per heavy atom. The summed E-state index contributed by atoms with van der Waals surface area (Å²) in [6.45, 7) is 0. The SMILES string of the molecule is CN(C)c1cccc(N(C)C)c1F. The third-order valence-electron chi connectivity index (χ3n) is 1.92. The van der Waals surface area contributed by atoms with E-state index in [0.717, 1.165) is 0 Å². The molecule has 1 rings (SSSR count). The normalized spacial score (nSPS) is 9.92. The molecule has 72 valence electrons. The van der Waals surface area contributed by atoms with Crippen molar-refractivity contribution in [2.24, 2.45) is 0 Å². The molecule has 0 amide bonds. The summed E-state index contributed by atoms with van der Waals surface area (Å²) >= 11 is 0. The lowest BCUT2D eigenvalue weighted by Crippen LogP contribution is -2.15. The van der Waals surface area contributed by atoms with E-state index in [1.165, 1.54) is 0 Å². The number of hydrogen-bond donors (Lipinski definition) is 0. The molecule has 0 saturated carbocycles. The van der Waals surface area contributed by atoms with Gasteiger partial charge in [0.15, 0.2) is 5.82 Å². The van der Waals surface area contributed by atoms with Gasteiger partial charge >= 0.3 is 0 Å². The van der Waals surface area contributed by atoms with Crippen LogP contribution in [-0.4, -0.2) is 28.2 Å². The number of rotatable bonds is 2. The number of nitrogens with zero attached hydrogens (tertiary/aromatic N) is 2. The van der Waals surface area contributed by atoms with Crippen LogP contribution in [-0.2, 0) is 0 Å². The summed E-state index contributed by atoms with van der Waals surface area (Å²) in [6, 6.07) is 5.39. The number of halogens is 1. The van der Waals surface area contributed by atoms with Gasteiger partial charge in [-0.15, -0.1) is 0 Å². The molecule has 3 heteroatoms. The molecule has 0 spiro atoms. The summed E-state index contributed by atoms with van der Waals surface area (Å²) in [5.41, 5.74) is 1.23. The summed E-state index contributed by atoms with van der Waals surface area (Å²) < 4.78 is 13.7. The zero-order valence-electron chi connectivity index (χ0n) is 8.50. The highest BCUT2D eigenvalue weighted by Gasteiger charge is 2.09. The highest BCUT2D eigenvalue weighted by atomic mass is 19.1. The first-order valence-electron chi connectivity index (χ1n) is 4.17. The molecular weight excluding hydrogens is 167 g/mol. The van der Waals surface area contributed by atoms with Crippen molar-refractivity contribution in [2.45, 2.75) is 0 Å². The Bertz CT molecular complexity index is 269. The van der Waals surface area contributed by atoms with Crippen LogP contribution in [0.15, 0.2) is 18.2 Å². The van der Waals surface area contributed by atoms with Crippen LogP contribution < -0.4 is 9.80 Å². The van der Waals surface area contributed by atoms with Crippen molar-refractivity contribution in [3.63, 3.8) is 0 Å². The van der Waals surface area contributed by atoms with E-state index in [2.05, 4.69) is 0 Å². The molecule has 0 aliphatic heterocycles. The molecule has 0 aromatic heterocycles. The monoisotopic (exact) mass is 182 g/mol. The molecule has 1 aromatic carbocycles. The number of anilines is 2. The van der Waals surface area contributed by atoms with E-state index in [4.69, 9.17) is 0 Å². The lowest BCUT2D eigenvalue weighted by atomic mass is 10.2. The minimum absolute atomic E-state index is 0.169. The molecule has 13 heavy (non-hydrogen) atoms. The van der Waals surface area contributed by atoms with Gasteiger partial charge in [0.2, 0.25) is 0 Å². The van der Waals surface area contributed by atoms with Crippen LogP contribution in [0.3, 0.4) is 0 Å². The zero-order chi connectivity index (χ0) is 10.0. The second-order valence-electron chi connectivity index (χ2n) is 3.40. The Balaban J connectivity index is 3.18. The van der Waals surface area contributed by atoms with Crippen LogP contribution >= 0.6 is 0 Å². The van der Waals surface area contributed by atoms with Crippen LogP contribution in [0, 0.1) is 5.82 Å². The second-order valence-corrected chi connectivity index (χ2v) is 3.40. The maximum absolute atomic E-state index is 13.7. The van der Waals surface area contributed by atoms with Crippen molar-refractivity contribution in [1.29, 1.82) is 0 Å². The third-order valence-corrected chi connectivity index (χ3v) is 1.92. The molecular formula is C10H15FN2. The smallest absolute Gasteiger partial charge is 0.169 e. The Labute approximate surface area is 78.6 Å². The fourth-order valence-corrected chi connectivity index (χ4v) is 1.20. The largest absolute Gasteiger partial charge is 0.375 e. The van der Waals surface area contributed by atoms with E-state index in [-0.39, 0.29) is 5.82 Å². The van der Waals surface area contributed by atoms with E-state index in [1.807, 2.05) is 34.3 Å². The van der Waals surface area contributed by atoms with Crippen LogP contribution in [0.4, 0.5) is 15.8 Å². The maximum Gasteiger partial charge on any atom is 0.169 e. The predicted octanol–water partition coefficient (Wildman–Crippen LogP) is 1.96. The molecule has 0 heterocycles. The van der Waals surface area contributed by atoms with E-state index < -0.39 is 0 Å². The first-order chi connectivity index (χ1) is 6.04. The Hall–Kier alpha value is -1.25. The van der Waals surface area contributed by atoms with E-state index >= 15 is 0 Å². The molecule has 0 radical (unpaired) electrons. The second kappa shape index (κ2) is 3.64. The van der Waals surface area contributed by atoms with Gasteiger partial charge in [0.05, 0.1) is 11.4 Å². The molecule has 1 aromatic rings. The van der Waals surface area contributed by atoms with E-state index in [1.54, 1.807) is 21.9 Å². The standard InChI is InChI=1S/C10H15FN2/c1-12(2)8-6-5-7-9(10(8)11)13(3)4/h5-7H,1-4H3. The molecule has 0 fully saturated rings. The average molecular weight is 182 g/mol. The fourth-order valence-electron chi connectivity index (χ4n) is 1.20. The van der Waals surface area contributed by atoms with Crippen LogP contribution in [0.2, 0.25) is 0 Å². The number of benzene rings is 1. The van der Waals surface area contributed by atoms with Gasteiger partial charge in [-0.1, -0.05) is 6.07 Å². The first kappa shape index (κ1) is 9.84. The van der Waals surface area contributed by atoms with Crippen molar-refractivity contribution < 1.29 is 4.39 Å². The molecule has 0 N–H and O–H groups in total. The molecule has 2 nitrogen and oxygen atoms in total. The highest BCUT2D eigenvalue weighted by molar-refractivity contribution is 5.60. The fraction of sp³-hybridized carbons (Fsp3) is 0.400. The highest BCUT2D eigenvalue weighted by Crippen LogP contribution is 2.25. The molecule has 0 unspecified atom stereocenters. The summed E-state index contributed by atoms with van der Waals surface area (Å²) in [7, 11) is 7.32. The van der Waals surface area contributed by atoms with Crippen molar-refractivity contribution in [3.8, 4) is 0 Å². The third kappa shape index (κ3) is 1.91. The van der Waals surface area contributed by atoms with E-state index in [0.29, 0.717) is 11.4 Å². The van der Waals surface area contributed by atoms with Crippen molar-refractivity contribution in [1.82, 2.24) is 0 Å². The van der Waals surface area contributed by atoms with Gasteiger partial charge in [-0.2, -0.15) is 0 Å². The van der Waals surface area contributed by atoms with Gasteiger partial charge in [-0.3, -0.25) is 0 Å². The Morgan fingerprint density at radius 1 is 0.923 bits per heavy atom.